The lowest BCUT2D eigenvalue weighted by atomic mass is 9.85. The fourth-order valence-corrected chi connectivity index (χ4v) is 4.47. The van der Waals surface area contributed by atoms with E-state index in [9.17, 15) is 4.79 Å². The SMILES string of the molecule is COc1ccc(OC(=O)N2CCN(C3CCC3)CC2C2CCNCC2)nc1. The molecule has 4 rings (SSSR count). The third-order valence-electron chi connectivity index (χ3n) is 6.34. The minimum absolute atomic E-state index is 0.229. The van der Waals surface area contributed by atoms with E-state index in [4.69, 9.17) is 9.47 Å². The van der Waals surface area contributed by atoms with Crippen LogP contribution in [-0.2, 0) is 0 Å². The van der Waals surface area contributed by atoms with Crippen LogP contribution in [0.3, 0.4) is 0 Å². The fraction of sp³-hybridized carbons (Fsp3) is 0.700. The second-order valence-corrected chi connectivity index (χ2v) is 7.83. The van der Waals surface area contributed by atoms with E-state index in [-0.39, 0.29) is 12.1 Å². The van der Waals surface area contributed by atoms with Gasteiger partial charge in [0.2, 0.25) is 5.88 Å². The molecule has 0 aromatic carbocycles. The maximum atomic E-state index is 12.9. The minimum atomic E-state index is -0.274. The first-order chi connectivity index (χ1) is 13.2. The smallest absolute Gasteiger partial charge is 0.416 e. The number of amides is 1. The Morgan fingerprint density at radius 1 is 1.19 bits per heavy atom. The summed E-state index contributed by atoms with van der Waals surface area (Å²) >= 11 is 0. The van der Waals surface area contributed by atoms with Gasteiger partial charge in [-0.15, -0.1) is 0 Å². The Hall–Kier alpha value is -1.86. The Balaban J connectivity index is 1.44. The summed E-state index contributed by atoms with van der Waals surface area (Å²) in [6.07, 6.45) is 7.49. The highest BCUT2D eigenvalue weighted by Gasteiger charge is 2.40. The van der Waals surface area contributed by atoms with Gasteiger partial charge in [0.15, 0.2) is 0 Å². The molecule has 1 saturated carbocycles. The van der Waals surface area contributed by atoms with Crippen molar-refractivity contribution in [2.75, 3.05) is 39.8 Å². The van der Waals surface area contributed by atoms with E-state index in [1.54, 1.807) is 25.4 Å². The molecular weight excluding hydrogens is 344 g/mol. The Morgan fingerprint density at radius 2 is 2.00 bits per heavy atom. The van der Waals surface area contributed by atoms with Crippen molar-refractivity contribution in [3.05, 3.63) is 18.3 Å². The van der Waals surface area contributed by atoms with E-state index < -0.39 is 0 Å². The van der Waals surface area contributed by atoms with Gasteiger partial charge in [-0.3, -0.25) is 4.90 Å². The van der Waals surface area contributed by atoms with Crippen LogP contribution in [0.25, 0.3) is 0 Å². The molecule has 1 unspecified atom stereocenters. The molecule has 1 N–H and O–H groups in total. The summed E-state index contributed by atoms with van der Waals surface area (Å²) in [6, 6.07) is 4.39. The Bertz CT molecular complexity index is 629. The summed E-state index contributed by atoms with van der Waals surface area (Å²) < 4.78 is 10.7. The van der Waals surface area contributed by atoms with Crippen LogP contribution in [0.5, 0.6) is 11.6 Å². The predicted octanol–water partition coefficient (Wildman–Crippen LogP) is 2.13. The number of piperazine rings is 1. The molecule has 1 amide bonds. The largest absolute Gasteiger partial charge is 0.495 e. The van der Waals surface area contributed by atoms with E-state index in [1.807, 2.05) is 4.90 Å². The number of nitrogens with one attached hydrogen (secondary N) is 1. The van der Waals surface area contributed by atoms with Crippen LogP contribution in [0, 0.1) is 5.92 Å². The van der Waals surface area contributed by atoms with E-state index in [0.29, 0.717) is 17.5 Å². The average molecular weight is 374 g/mol. The highest BCUT2D eigenvalue weighted by atomic mass is 16.6. The van der Waals surface area contributed by atoms with E-state index >= 15 is 0 Å². The standard InChI is InChI=1S/C20H30N4O3/c1-26-17-5-6-19(22-13-17)27-20(25)24-12-11-23(16-3-2-4-16)14-18(24)15-7-9-21-10-8-15/h5-6,13,15-16,18,21H,2-4,7-12,14H2,1H3. The van der Waals surface area contributed by atoms with Crippen molar-refractivity contribution >= 4 is 6.09 Å². The lowest BCUT2D eigenvalue weighted by Gasteiger charge is -2.49. The summed E-state index contributed by atoms with van der Waals surface area (Å²) in [5.74, 6) is 1.51. The summed E-state index contributed by atoms with van der Waals surface area (Å²) in [5, 5.41) is 3.43. The number of ether oxygens (including phenoxy) is 2. The van der Waals surface area contributed by atoms with Crippen molar-refractivity contribution in [2.45, 2.75) is 44.2 Å². The first kappa shape index (κ1) is 18.5. The van der Waals surface area contributed by atoms with E-state index in [0.717, 1.165) is 51.6 Å². The molecule has 2 saturated heterocycles. The highest BCUT2D eigenvalue weighted by Crippen LogP contribution is 2.31. The molecule has 27 heavy (non-hydrogen) atoms. The molecule has 148 valence electrons. The minimum Gasteiger partial charge on any atom is -0.495 e. The lowest BCUT2D eigenvalue weighted by molar-refractivity contribution is 0.00447. The molecule has 2 aliphatic heterocycles. The zero-order valence-corrected chi connectivity index (χ0v) is 16.1. The van der Waals surface area contributed by atoms with Crippen LogP contribution in [0.2, 0.25) is 0 Å². The van der Waals surface area contributed by atoms with Gasteiger partial charge in [-0.05, 0) is 50.8 Å². The number of carbonyl (C=O) groups is 1. The van der Waals surface area contributed by atoms with Gasteiger partial charge in [0.05, 0.1) is 19.3 Å². The summed E-state index contributed by atoms with van der Waals surface area (Å²) in [5.41, 5.74) is 0. The van der Waals surface area contributed by atoms with E-state index in [2.05, 4.69) is 15.2 Å². The molecule has 0 spiro atoms. The molecule has 3 heterocycles. The third kappa shape index (κ3) is 4.19. The molecule has 7 heteroatoms. The number of rotatable bonds is 4. The van der Waals surface area contributed by atoms with Crippen LogP contribution in [0.15, 0.2) is 18.3 Å². The second-order valence-electron chi connectivity index (χ2n) is 7.83. The van der Waals surface area contributed by atoms with Crippen molar-refractivity contribution in [2.24, 2.45) is 5.92 Å². The maximum Gasteiger partial charge on any atom is 0.416 e. The second kappa shape index (κ2) is 8.44. The quantitative estimate of drug-likeness (QED) is 0.871. The van der Waals surface area contributed by atoms with Gasteiger partial charge in [-0.1, -0.05) is 6.42 Å². The number of nitrogens with zero attached hydrogens (tertiary/aromatic N) is 3. The van der Waals surface area contributed by atoms with Gasteiger partial charge in [0.25, 0.3) is 0 Å². The van der Waals surface area contributed by atoms with Crippen molar-refractivity contribution in [3.8, 4) is 11.6 Å². The molecule has 3 aliphatic rings. The Morgan fingerprint density at radius 3 is 2.63 bits per heavy atom. The number of hydrogen-bond acceptors (Lipinski definition) is 6. The van der Waals surface area contributed by atoms with Gasteiger partial charge in [-0.2, -0.15) is 0 Å². The van der Waals surface area contributed by atoms with Crippen LogP contribution >= 0.6 is 0 Å². The maximum absolute atomic E-state index is 12.9. The van der Waals surface area contributed by atoms with Crippen molar-refractivity contribution in [1.29, 1.82) is 0 Å². The number of piperidine rings is 1. The van der Waals surface area contributed by atoms with Crippen LogP contribution in [-0.4, -0.2) is 72.8 Å². The topological polar surface area (TPSA) is 66.9 Å². The number of aromatic nitrogens is 1. The number of hydrogen-bond donors (Lipinski definition) is 1. The van der Waals surface area contributed by atoms with E-state index in [1.165, 1.54) is 19.3 Å². The molecule has 1 atom stereocenters. The van der Waals surface area contributed by atoms with Crippen LogP contribution in [0.4, 0.5) is 4.79 Å². The van der Waals surface area contributed by atoms with Gasteiger partial charge in [-0.25, -0.2) is 9.78 Å². The first-order valence-electron chi connectivity index (χ1n) is 10.2. The van der Waals surface area contributed by atoms with Gasteiger partial charge in [0.1, 0.15) is 5.75 Å². The molecular formula is C20H30N4O3. The van der Waals surface area contributed by atoms with Crippen LogP contribution in [0.1, 0.15) is 32.1 Å². The molecule has 1 aromatic rings. The predicted molar refractivity (Wildman–Crippen MR) is 102 cm³/mol. The number of pyridine rings is 1. The Kier molecular flexibility index (Phi) is 5.78. The van der Waals surface area contributed by atoms with Crippen molar-refractivity contribution in [1.82, 2.24) is 20.1 Å². The Labute approximate surface area is 161 Å². The monoisotopic (exact) mass is 374 g/mol. The van der Waals surface area contributed by atoms with Gasteiger partial charge >= 0.3 is 6.09 Å². The van der Waals surface area contributed by atoms with Crippen LogP contribution < -0.4 is 14.8 Å². The van der Waals surface area contributed by atoms with Gasteiger partial charge in [0, 0.05) is 31.7 Å². The summed E-state index contributed by atoms with van der Waals surface area (Å²) in [6.45, 7) is 4.72. The molecule has 0 radical (unpaired) electrons. The lowest BCUT2D eigenvalue weighted by Crippen LogP contribution is -2.62. The summed E-state index contributed by atoms with van der Waals surface area (Å²) in [7, 11) is 1.59. The number of carbonyl (C=O) groups excluding carboxylic acids is 1. The zero-order chi connectivity index (χ0) is 18.6. The number of methoxy groups -OCH3 is 1. The van der Waals surface area contributed by atoms with Crippen molar-refractivity contribution < 1.29 is 14.3 Å². The average Bonchev–Trinajstić information content (AvgIpc) is 2.68. The molecule has 0 bridgehead atoms. The van der Waals surface area contributed by atoms with Gasteiger partial charge < -0.3 is 19.7 Å². The fourth-order valence-electron chi connectivity index (χ4n) is 4.47. The normalized spacial score (nSPS) is 25.1. The molecule has 1 aliphatic carbocycles. The molecule has 3 fully saturated rings. The highest BCUT2D eigenvalue weighted by molar-refractivity contribution is 5.71. The first-order valence-corrected chi connectivity index (χ1v) is 10.2. The summed E-state index contributed by atoms with van der Waals surface area (Å²) in [4.78, 5) is 21.7. The third-order valence-corrected chi connectivity index (χ3v) is 6.34. The van der Waals surface area contributed by atoms with Crippen molar-refractivity contribution in [3.63, 3.8) is 0 Å². The molecule has 1 aromatic heterocycles. The molecule has 7 nitrogen and oxygen atoms in total. The zero-order valence-electron chi connectivity index (χ0n) is 16.1.